The lowest BCUT2D eigenvalue weighted by Gasteiger charge is -2.16. The molecule has 1 aromatic carbocycles. The number of fused-ring (bicyclic) bond motifs is 1. The predicted molar refractivity (Wildman–Crippen MR) is 98.3 cm³/mol. The molecule has 1 atom stereocenters. The van der Waals surface area contributed by atoms with E-state index in [1.54, 1.807) is 23.1 Å². The summed E-state index contributed by atoms with van der Waals surface area (Å²) in [6.07, 6.45) is 0.0796. The smallest absolute Gasteiger partial charge is 0.289 e. The van der Waals surface area contributed by atoms with Gasteiger partial charge in [-0.2, -0.15) is 18.3 Å². The Kier molecular flexibility index (Phi) is 3.73. The second kappa shape index (κ2) is 6.06. The zero-order chi connectivity index (χ0) is 19.5. The first-order chi connectivity index (χ1) is 13.4. The standard InChI is InChI=1S/C18H12F3N5OS/c19-18(20,21)12-4-11-6-23-17(27)25-8-13(9-28-14(5-12)15(11)25)26-16-10(7-24-26)2-1-3-22-16/h1-7,13H,8-9H2/t13-/m0/s1. The average molecular weight is 403 g/mol. The van der Waals surface area contributed by atoms with Crippen LogP contribution in [-0.2, 0) is 12.7 Å². The van der Waals surface area contributed by atoms with Gasteiger partial charge in [0.1, 0.15) is 0 Å². The number of nitrogens with zero attached hydrogens (tertiary/aromatic N) is 5. The summed E-state index contributed by atoms with van der Waals surface area (Å²) in [5.74, 6) is 0.449. The molecule has 0 unspecified atom stereocenters. The number of rotatable bonds is 1. The molecule has 10 heteroatoms. The maximum absolute atomic E-state index is 13.3. The summed E-state index contributed by atoms with van der Waals surface area (Å²) in [7, 11) is 0. The van der Waals surface area contributed by atoms with Gasteiger partial charge in [0.05, 0.1) is 29.9 Å². The van der Waals surface area contributed by atoms with Gasteiger partial charge in [-0.3, -0.25) is 4.57 Å². The Morgan fingerprint density at radius 1 is 1.14 bits per heavy atom. The van der Waals surface area contributed by atoms with Crippen LogP contribution in [0.15, 0.2) is 52.5 Å². The molecule has 1 aliphatic heterocycles. The summed E-state index contributed by atoms with van der Waals surface area (Å²) in [4.78, 5) is 21.0. The summed E-state index contributed by atoms with van der Waals surface area (Å²) < 4.78 is 43.0. The monoisotopic (exact) mass is 403 g/mol. The highest BCUT2D eigenvalue weighted by molar-refractivity contribution is 7.99. The largest absolute Gasteiger partial charge is 0.416 e. The first-order valence-corrected chi connectivity index (χ1v) is 9.42. The third-order valence-electron chi connectivity index (χ3n) is 4.77. The van der Waals surface area contributed by atoms with Gasteiger partial charge in [-0.1, -0.05) is 0 Å². The van der Waals surface area contributed by atoms with E-state index in [1.807, 2.05) is 6.07 Å². The molecular weight excluding hydrogens is 391 g/mol. The Morgan fingerprint density at radius 3 is 2.82 bits per heavy atom. The highest BCUT2D eigenvalue weighted by atomic mass is 32.2. The van der Waals surface area contributed by atoms with Gasteiger partial charge >= 0.3 is 11.9 Å². The fourth-order valence-corrected chi connectivity index (χ4v) is 4.69. The molecule has 0 radical (unpaired) electrons. The third-order valence-corrected chi connectivity index (χ3v) is 5.95. The number of thioether (sulfide) groups is 1. The second-order valence-corrected chi connectivity index (χ2v) is 7.59. The SMILES string of the molecule is O=c1ncc2cc(C(F)(F)F)cc3c2n1C[C@H](n1ncc2cccnc21)CS3. The van der Waals surface area contributed by atoms with E-state index in [-0.39, 0.29) is 12.6 Å². The third kappa shape index (κ3) is 2.67. The van der Waals surface area contributed by atoms with Crippen LogP contribution in [0.2, 0.25) is 0 Å². The van der Waals surface area contributed by atoms with Gasteiger partial charge in [0.25, 0.3) is 0 Å². The van der Waals surface area contributed by atoms with E-state index in [9.17, 15) is 18.0 Å². The molecule has 0 spiro atoms. The summed E-state index contributed by atoms with van der Waals surface area (Å²) in [6.45, 7) is 0.252. The Labute approximate surface area is 160 Å². The molecule has 0 fully saturated rings. The van der Waals surface area contributed by atoms with Gasteiger partial charge in [-0.05, 0) is 24.3 Å². The van der Waals surface area contributed by atoms with Crippen molar-refractivity contribution in [1.29, 1.82) is 0 Å². The summed E-state index contributed by atoms with van der Waals surface area (Å²) in [5.41, 5.74) is -0.0993. The van der Waals surface area contributed by atoms with Crippen molar-refractivity contribution in [3.05, 3.63) is 58.9 Å². The van der Waals surface area contributed by atoms with Crippen molar-refractivity contribution in [2.75, 3.05) is 5.75 Å². The van der Waals surface area contributed by atoms with Crippen LogP contribution in [0.3, 0.4) is 0 Å². The summed E-state index contributed by atoms with van der Waals surface area (Å²) >= 11 is 1.28. The highest BCUT2D eigenvalue weighted by Gasteiger charge is 2.33. The molecule has 28 heavy (non-hydrogen) atoms. The number of hydrogen-bond acceptors (Lipinski definition) is 5. The number of benzene rings is 1. The first-order valence-electron chi connectivity index (χ1n) is 8.43. The normalized spacial score (nSPS) is 17.2. The molecule has 0 N–H and O–H groups in total. The number of hydrogen-bond donors (Lipinski definition) is 0. The first kappa shape index (κ1) is 17.2. The van der Waals surface area contributed by atoms with Crippen LogP contribution in [0, 0.1) is 0 Å². The van der Waals surface area contributed by atoms with E-state index >= 15 is 0 Å². The zero-order valence-corrected chi connectivity index (χ0v) is 15.0. The minimum Gasteiger partial charge on any atom is -0.289 e. The summed E-state index contributed by atoms with van der Waals surface area (Å²) in [5, 5.41) is 5.55. The Hall–Kier alpha value is -2.88. The number of pyridine rings is 1. The van der Waals surface area contributed by atoms with Gasteiger partial charge in [0.2, 0.25) is 0 Å². The van der Waals surface area contributed by atoms with Gasteiger partial charge in [0.15, 0.2) is 5.65 Å². The molecule has 1 aliphatic rings. The lowest BCUT2D eigenvalue weighted by atomic mass is 10.1. The lowest BCUT2D eigenvalue weighted by molar-refractivity contribution is -0.137. The number of halogens is 3. The topological polar surface area (TPSA) is 65.6 Å². The molecule has 142 valence electrons. The van der Waals surface area contributed by atoms with Gasteiger partial charge < -0.3 is 0 Å². The van der Waals surface area contributed by atoms with E-state index in [1.165, 1.54) is 22.5 Å². The van der Waals surface area contributed by atoms with Crippen LogP contribution < -0.4 is 5.69 Å². The van der Waals surface area contributed by atoms with Crippen LogP contribution in [0.5, 0.6) is 0 Å². The maximum atomic E-state index is 13.3. The minimum absolute atomic E-state index is 0.252. The number of alkyl halides is 3. The van der Waals surface area contributed by atoms with E-state index in [0.717, 1.165) is 17.5 Å². The molecule has 0 saturated heterocycles. The highest BCUT2D eigenvalue weighted by Crippen LogP contribution is 2.39. The van der Waals surface area contributed by atoms with Crippen LogP contribution >= 0.6 is 11.8 Å². The van der Waals surface area contributed by atoms with Crippen LogP contribution in [0.1, 0.15) is 11.6 Å². The predicted octanol–water partition coefficient (Wildman–Crippen LogP) is 3.51. The van der Waals surface area contributed by atoms with E-state index in [0.29, 0.717) is 27.2 Å². The Balaban J connectivity index is 1.68. The Morgan fingerprint density at radius 2 is 2.00 bits per heavy atom. The van der Waals surface area contributed by atoms with E-state index in [2.05, 4.69) is 15.1 Å². The van der Waals surface area contributed by atoms with Crippen molar-refractivity contribution in [2.45, 2.75) is 23.7 Å². The number of aromatic nitrogens is 5. The molecule has 0 aliphatic carbocycles. The minimum atomic E-state index is -4.47. The van der Waals surface area contributed by atoms with Crippen molar-refractivity contribution >= 4 is 33.7 Å². The lowest BCUT2D eigenvalue weighted by Crippen LogP contribution is -2.28. The van der Waals surface area contributed by atoms with Crippen LogP contribution in [-0.4, -0.2) is 30.1 Å². The summed E-state index contributed by atoms with van der Waals surface area (Å²) in [6, 6.07) is 5.57. The quantitative estimate of drug-likeness (QED) is 0.487. The fourth-order valence-electron chi connectivity index (χ4n) is 3.50. The van der Waals surface area contributed by atoms with Crippen molar-refractivity contribution in [1.82, 2.24) is 24.3 Å². The van der Waals surface area contributed by atoms with Gasteiger partial charge in [-0.25, -0.2) is 19.4 Å². The van der Waals surface area contributed by atoms with Crippen molar-refractivity contribution < 1.29 is 13.2 Å². The van der Waals surface area contributed by atoms with Gasteiger partial charge in [-0.15, -0.1) is 11.8 Å². The van der Waals surface area contributed by atoms with Crippen molar-refractivity contribution in [3.63, 3.8) is 0 Å². The van der Waals surface area contributed by atoms with Crippen molar-refractivity contribution in [3.8, 4) is 0 Å². The fraction of sp³-hybridized carbons (Fsp3) is 0.222. The molecule has 5 rings (SSSR count). The zero-order valence-electron chi connectivity index (χ0n) is 14.2. The molecule has 0 bridgehead atoms. The van der Waals surface area contributed by atoms with Crippen LogP contribution in [0.4, 0.5) is 13.2 Å². The molecule has 4 heterocycles. The molecule has 6 nitrogen and oxygen atoms in total. The Bertz CT molecular complexity index is 1280. The van der Waals surface area contributed by atoms with E-state index < -0.39 is 17.4 Å². The van der Waals surface area contributed by atoms with Crippen LogP contribution in [0.25, 0.3) is 21.9 Å². The molecule has 0 saturated carbocycles. The molecule has 4 aromatic rings. The maximum Gasteiger partial charge on any atom is 0.416 e. The molecule has 0 amide bonds. The second-order valence-electron chi connectivity index (χ2n) is 6.53. The average Bonchev–Trinajstić information content (AvgIpc) is 2.99. The molecular formula is C18H12F3N5OS. The van der Waals surface area contributed by atoms with Gasteiger partial charge in [0, 0.05) is 33.8 Å². The molecule has 3 aromatic heterocycles. The van der Waals surface area contributed by atoms with E-state index in [4.69, 9.17) is 0 Å². The van der Waals surface area contributed by atoms with Crippen molar-refractivity contribution in [2.24, 2.45) is 0 Å².